The van der Waals surface area contributed by atoms with Gasteiger partial charge in [0.15, 0.2) is 5.82 Å². The molecule has 0 aliphatic carbocycles. The zero-order valence-corrected chi connectivity index (χ0v) is 10.7. The molecule has 0 fully saturated rings. The van der Waals surface area contributed by atoms with Crippen LogP contribution in [0.4, 0.5) is 8.78 Å². The van der Waals surface area contributed by atoms with Crippen molar-refractivity contribution in [2.45, 2.75) is 13.8 Å². The lowest BCUT2D eigenvalue weighted by molar-refractivity contribution is -0.137. The van der Waals surface area contributed by atoms with Gasteiger partial charge in [0.25, 0.3) is 5.78 Å². The molecule has 0 heterocycles. The van der Waals surface area contributed by atoms with Crippen LogP contribution in [0.3, 0.4) is 0 Å². The number of esters is 1. The lowest BCUT2D eigenvalue weighted by Crippen LogP contribution is -2.21. The minimum absolute atomic E-state index is 0.0409. The normalized spacial score (nSPS) is 10.2. The smallest absolute Gasteiger partial charge is 0.379 e. The number of halogens is 3. The molecule has 0 spiro atoms. The second-order valence-electron chi connectivity index (χ2n) is 3.23. The van der Waals surface area contributed by atoms with Crippen molar-refractivity contribution in [3.05, 3.63) is 33.3 Å². The summed E-state index contributed by atoms with van der Waals surface area (Å²) in [5.74, 6) is -4.76. The summed E-state index contributed by atoms with van der Waals surface area (Å²) in [6.45, 7) is 2.81. The topological polar surface area (TPSA) is 43.4 Å². The van der Waals surface area contributed by atoms with Crippen molar-refractivity contribution in [1.29, 1.82) is 0 Å². The third-order valence-corrected chi connectivity index (χ3v) is 2.60. The van der Waals surface area contributed by atoms with Crippen LogP contribution < -0.4 is 0 Å². The van der Waals surface area contributed by atoms with E-state index in [1.165, 1.54) is 19.9 Å². The molecule has 0 amide bonds. The Kier molecular flexibility index (Phi) is 4.34. The van der Waals surface area contributed by atoms with Crippen LogP contribution in [-0.2, 0) is 9.53 Å². The third-order valence-electron chi connectivity index (χ3n) is 2.03. The Morgan fingerprint density at radius 3 is 2.47 bits per heavy atom. The molecular formula is C11H9BrF2O3. The molecule has 0 bridgehead atoms. The average molecular weight is 307 g/mol. The molecule has 3 nitrogen and oxygen atoms in total. The number of hydrogen-bond donors (Lipinski definition) is 0. The first-order valence-corrected chi connectivity index (χ1v) is 5.55. The molecule has 1 rings (SSSR count). The fraction of sp³-hybridized carbons (Fsp3) is 0.273. The highest BCUT2D eigenvalue weighted by molar-refractivity contribution is 9.10. The Morgan fingerprint density at radius 2 is 1.94 bits per heavy atom. The molecule has 6 heteroatoms. The molecule has 1 aromatic rings. The molecule has 0 aliphatic heterocycles. The van der Waals surface area contributed by atoms with Crippen LogP contribution in [0.15, 0.2) is 10.5 Å². The van der Waals surface area contributed by atoms with E-state index in [1.807, 2.05) is 0 Å². The zero-order valence-electron chi connectivity index (χ0n) is 9.14. The number of Topliss-reactive ketones (excluding diaryl/α,β-unsaturated/α-hetero) is 1. The predicted octanol–water partition coefficient (Wildman–Crippen LogP) is 2.78. The van der Waals surface area contributed by atoms with Crippen molar-refractivity contribution in [2.24, 2.45) is 0 Å². The Bertz CT molecular complexity index is 460. The molecule has 0 unspecified atom stereocenters. The number of aryl methyl sites for hydroxylation is 1. The number of ketones is 1. The van der Waals surface area contributed by atoms with Crippen LogP contribution in [0.5, 0.6) is 0 Å². The van der Waals surface area contributed by atoms with Gasteiger partial charge in [0.2, 0.25) is 0 Å². The second-order valence-corrected chi connectivity index (χ2v) is 4.08. The van der Waals surface area contributed by atoms with Crippen molar-refractivity contribution in [1.82, 2.24) is 0 Å². The molecule has 1 aromatic carbocycles. The number of carbonyl (C=O) groups is 2. The summed E-state index contributed by atoms with van der Waals surface area (Å²) in [5, 5.41) is 0. The first-order chi connectivity index (χ1) is 7.90. The summed E-state index contributed by atoms with van der Waals surface area (Å²) in [5.41, 5.74) is -0.832. The van der Waals surface area contributed by atoms with Gasteiger partial charge in [-0.25, -0.2) is 13.6 Å². The standard InChI is InChI=1S/C11H9BrF2O3/c1-3-17-11(16)10(15)7-8(13)5(2)4-6(12)9(7)14/h4H,3H2,1-2H3. The Balaban J connectivity index is 3.31. The molecule has 0 saturated heterocycles. The van der Waals surface area contributed by atoms with Gasteiger partial charge in [0.1, 0.15) is 11.4 Å². The molecule has 0 aliphatic rings. The number of benzene rings is 1. The summed E-state index contributed by atoms with van der Waals surface area (Å²) < 4.78 is 31.5. The molecule has 0 aromatic heterocycles. The van der Waals surface area contributed by atoms with E-state index in [2.05, 4.69) is 20.7 Å². The van der Waals surface area contributed by atoms with Crippen LogP contribution in [0.25, 0.3) is 0 Å². The van der Waals surface area contributed by atoms with Gasteiger partial charge in [0.05, 0.1) is 11.1 Å². The van der Waals surface area contributed by atoms with Crippen LogP contribution in [-0.4, -0.2) is 18.4 Å². The maximum atomic E-state index is 13.6. The summed E-state index contributed by atoms with van der Waals surface area (Å²) in [4.78, 5) is 22.7. The first kappa shape index (κ1) is 13.8. The lowest BCUT2D eigenvalue weighted by Gasteiger charge is -2.07. The van der Waals surface area contributed by atoms with Gasteiger partial charge in [-0.05, 0) is 41.4 Å². The van der Waals surface area contributed by atoms with Crippen molar-refractivity contribution >= 4 is 27.7 Å². The monoisotopic (exact) mass is 306 g/mol. The van der Waals surface area contributed by atoms with E-state index in [-0.39, 0.29) is 16.6 Å². The van der Waals surface area contributed by atoms with Crippen LogP contribution in [0, 0.1) is 18.6 Å². The van der Waals surface area contributed by atoms with Gasteiger partial charge >= 0.3 is 5.97 Å². The van der Waals surface area contributed by atoms with Crippen LogP contribution >= 0.6 is 15.9 Å². The van der Waals surface area contributed by atoms with Gasteiger partial charge in [-0.2, -0.15) is 0 Å². The third kappa shape index (κ3) is 2.69. The number of ether oxygens (including phenoxy) is 1. The Morgan fingerprint density at radius 1 is 1.35 bits per heavy atom. The summed E-state index contributed by atoms with van der Waals surface area (Å²) in [6.07, 6.45) is 0. The van der Waals surface area contributed by atoms with Gasteiger partial charge in [-0.15, -0.1) is 0 Å². The summed E-state index contributed by atoms with van der Waals surface area (Å²) >= 11 is 2.84. The summed E-state index contributed by atoms with van der Waals surface area (Å²) in [6, 6.07) is 1.19. The largest absolute Gasteiger partial charge is 0.460 e. The molecule has 0 radical (unpaired) electrons. The van der Waals surface area contributed by atoms with Crippen molar-refractivity contribution in [2.75, 3.05) is 6.61 Å². The van der Waals surface area contributed by atoms with E-state index >= 15 is 0 Å². The minimum Gasteiger partial charge on any atom is -0.460 e. The van der Waals surface area contributed by atoms with Crippen molar-refractivity contribution in [3.63, 3.8) is 0 Å². The Hall–Kier alpha value is -1.30. The quantitative estimate of drug-likeness (QED) is 0.373. The SMILES string of the molecule is CCOC(=O)C(=O)c1c(F)c(C)cc(Br)c1F. The molecule has 0 atom stereocenters. The predicted molar refractivity (Wildman–Crippen MR) is 59.8 cm³/mol. The first-order valence-electron chi connectivity index (χ1n) is 4.75. The second kappa shape index (κ2) is 5.35. The fourth-order valence-corrected chi connectivity index (χ4v) is 1.77. The van der Waals surface area contributed by atoms with Crippen LogP contribution in [0.1, 0.15) is 22.8 Å². The maximum Gasteiger partial charge on any atom is 0.379 e. The lowest BCUT2D eigenvalue weighted by atomic mass is 10.1. The number of hydrogen-bond acceptors (Lipinski definition) is 3. The van der Waals surface area contributed by atoms with E-state index < -0.39 is 29.0 Å². The summed E-state index contributed by atoms with van der Waals surface area (Å²) in [7, 11) is 0. The highest BCUT2D eigenvalue weighted by Gasteiger charge is 2.27. The number of carbonyl (C=O) groups excluding carboxylic acids is 2. The molecule has 17 heavy (non-hydrogen) atoms. The van der Waals surface area contributed by atoms with Crippen molar-refractivity contribution in [3.8, 4) is 0 Å². The molecule has 0 N–H and O–H groups in total. The highest BCUT2D eigenvalue weighted by Crippen LogP contribution is 2.25. The van der Waals surface area contributed by atoms with Gasteiger partial charge in [-0.3, -0.25) is 4.79 Å². The zero-order chi connectivity index (χ0) is 13.2. The minimum atomic E-state index is -1.33. The highest BCUT2D eigenvalue weighted by atomic mass is 79.9. The van der Waals surface area contributed by atoms with E-state index in [0.717, 1.165) is 0 Å². The van der Waals surface area contributed by atoms with Gasteiger partial charge in [0, 0.05) is 0 Å². The molecule has 92 valence electrons. The average Bonchev–Trinajstić information content (AvgIpc) is 2.27. The number of rotatable bonds is 3. The Labute approximate surface area is 105 Å². The van der Waals surface area contributed by atoms with Gasteiger partial charge < -0.3 is 4.74 Å². The maximum absolute atomic E-state index is 13.6. The van der Waals surface area contributed by atoms with E-state index in [0.29, 0.717) is 0 Å². The van der Waals surface area contributed by atoms with Crippen molar-refractivity contribution < 1.29 is 23.1 Å². The molecular weight excluding hydrogens is 298 g/mol. The van der Waals surface area contributed by atoms with E-state index in [1.54, 1.807) is 0 Å². The fourth-order valence-electron chi connectivity index (χ4n) is 1.23. The van der Waals surface area contributed by atoms with E-state index in [4.69, 9.17) is 0 Å². The van der Waals surface area contributed by atoms with Gasteiger partial charge in [-0.1, -0.05) is 0 Å². The van der Waals surface area contributed by atoms with E-state index in [9.17, 15) is 18.4 Å². The van der Waals surface area contributed by atoms with Crippen LogP contribution in [0.2, 0.25) is 0 Å². The molecule has 0 saturated carbocycles.